The van der Waals surface area contributed by atoms with E-state index in [1.807, 2.05) is 12.1 Å². The van der Waals surface area contributed by atoms with E-state index in [-0.39, 0.29) is 45.9 Å². The summed E-state index contributed by atoms with van der Waals surface area (Å²) in [4.78, 5) is 70.7. The third kappa shape index (κ3) is 23.6. The van der Waals surface area contributed by atoms with Crippen molar-refractivity contribution in [2.24, 2.45) is 22.7 Å². The predicted octanol–water partition coefficient (Wildman–Crippen LogP) is 14.5. The first-order valence-corrected chi connectivity index (χ1v) is 33.2. The van der Waals surface area contributed by atoms with Gasteiger partial charge in [-0.1, -0.05) is 144 Å². The predicted molar refractivity (Wildman–Crippen MR) is 333 cm³/mol. The molecule has 89 heavy (non-hydrogen) atoms. The summed E-state index contributed by atoms with van der Waals surface area (Å²) in [7, 11) is 0. The molecule has 15 nitrogen and oxygen atoms in total. The number of halogens is 6. The molecule has 0 saturated heterocycles. The second kappa shape index (κ2) is 37.2. The fourth-order valence-electron chi connectivity index (χ4n) is 14.4. The van der Waals surface area contributed by atoms with E-state index in [9.17, 15) is 45.5 Å². The van der Waals surface area contributed by atoms with Crippen LogP contribution in [0, 0.1) is 22.7 Å². The van der Waals surface area contributed by atoms with Crippen LogP contribution in [0.3, 0.4) is 0 Å². The second-order valence-electron chi connectivity index (χ2n) is 26.0. The number of hydrogen-bond donors (Lipinski definition) is 7. The zero-order chi connectivity index (χ0) is 65.7. The van der Waals surface area contributed by atoms with Gasteiger partial charge in [-0.3, -0.25) is 14.4 Å². The Labute approximate surface area is 524 Å². The van der Waals surface area contributed by atoms with Crippen molar-refractivity contribution in [1.29, 1.82) is 0 Å². The Hall–Kier alpha value is -5.44. The maximum atomic E-state index is 13.6. The highest BCUT2D eigenvalue weighted by Crippen LogP contribution is 2.59. The monoisotopic (exact) mass is 1270 g/mol. The van der Waals surface area contributed by atoms with E-state index in [1.165, 1.54) is 86.5 Å². The van der Waals surface area contributed by atoms with Crippen LogP contribution in [-0.4, -0.2) is 104 Å². The van der Waals surface area contributed by atoms with Crippen LogP contribution in [0.1, 0.15) is 237 Å². The van der Waals surface area contributed by atoms with Gasteiger partial charge in [0.05, 0.1) is 10.8 Å². The number of esters is 1. The fraction of sp³-hybridized carbons (Fsp3) is 0.735. The fourth-order valence-corrected chi connectivity index (χ4v) is 14.4. The third-order valence-corrected chi connectivity index (χ3v) is 19.2. The molecule has 6 atom stereocenters. The number of aliphatic carboxylic acids is 2. The molecule has 504 valence electrons. The first-order valence-electron chi connectivity index (χ1n) is 33.2. The van der Waals surface area contributed by atoms with Gasteiger partial charge in [0.15, 0.2) is 0 Å². The van der Waals surface area contributed by atoms with Crippen LogP contribution in [0.5, 0.6) is 11.5 Å². The summed E-state index contributed by atoms with van der Waals surface area (Å²) in [6, 6.07) is 12.4. The molecule has 0 bridgehead atoms. The van der Waals surface area contributed by atoms with Gasteiger partial charge >= 0.3 is 36.4 Å². The number of alkyl halides is 6. The zero-order valence-electron chi connectivity index (χ0n) is 54.0. The minimum absolute atomic E-state index is 0.108. The number of fused-ring (bicyclic) bond motifs is 6. The van der Waals surface area contributed by atoms with E-state index in [0.717, 1.165) is 155 Å². The lowest BCUT2D eigenvalue weighted by Gasteiger charge is -2.54. The average Bonchev–Trinajstić information content (AvgIpc) is 0.868. The summed E-state index contributed by atoms with van der Waals surface area (Å²) in [5, 5.41) is 30.8. The van der Waals surface area contributed by atoms with Gasteiger partial charge in [0.2, 0.25) is 11.8 Å². The summed E-state index contributed by atoms with van der Waals surface area (Å²) >= 11 is 0. The van der Waals surface area contributed by atoms with Crippen LogP contribution in [0.4, 0.5) is 31.1 Å². The second-order valence-corrected chi connectivity index (χ2v) is 26.0. The Morgan fingerprint density at radius 3 is 1.25 bits per heavy atom. The summed E-state index contributed by atoms with van der Waals surface area (Å²) in [5.74, 6) is -3.52. The number of nitrogens with one attached hydrogen (secondary N) is 5. The van der Waals surface area contributed by atoms with E-state index in [0.29, 0.717) is 24.5 Å². The summed E-state index contributed by atoms with van der Waals surface area (Å²) in [5.41, 5.74) is 4.18. The summed E-state index contributed by atoms with van der Waals surface area (Å²) in [6.45, 7) is 19.2. The SMILES string of the molecule is CCCCCNC(=O)[C@@]1(C)CCC[C@]2(C)c3cc(OC(=O)CCCNCCCCCCCCCCCCNCCCNC(=O)Oc4ccc5c(c4)[C@@]4(C)CCC[C@](C)(C(=O)NCCCCC)[C@@H]4CC5)ccc3CC[C@@H]12.O=C(O)C(F)(F)F.O=C(O)C(F)(F)F. The molecule has 4 aliphatic carbocycles. The van der Waals surface area contributed by atoms with Gasteiger partial charge in [0.25, 0.3) is 0 Å². The number of carbonyl (C=O) groups is 6. The smallest absolute Gasteiger partial charge is 0.475 e. The molecule has 3 amide bonds. The first kappa shape index (κ1) is 76.0. The average molecular weight is 1270 g/mol. The maximum Gasteiger partial charge on any atom is 0.490 e. The van der Waals surface area contributed by atoms with Gasteiger partial charge in [-0.25, -0.2) is 14.4 Å². The number of carboxylic acid groups (broad SMARTS) is 2. The molecule has 7 N–H and O–H groups in total. The lowest BCUT2D eigenvalue weighted by Crippen LogP contribution is -2.55. The van der Waals surface area contributed by atoms with Crippen LogP contribution < -0.4 is 36.1 Å². The van der Waals surface area contributed by atoms with Crippen molar-refractivity contribution in [1.82, 2.24) is 26.6 Å². The van der Waals surface area contributed by atoms with E-state index in [4.69, 9.17) is 29.3 Å². The van der Waals surface area contributed by atoms with Crippen LogP contribution >= 0.6 is 0 Å². The first-order chi connectivity index (χ1) is 42.2. The third-order valence-electron chi connectivity index (χ3n) is 19.2. The molecule has 2 saturated carbocycles. The van der Waals surface area contributed by atoms with Crippen molar-refractivity contribution < 1.29 is 74.8 Å². The lowest BCUT2D eigenvalue weighted by molar-refractivity contribution is -0.193. The number of unbranched alkanes of at least 4 members (excludes halogenated alkanes) is 13. The number of carboxylic acids is 2. The number of amides is 3. The minimum Gasteiger partial charge on any atom is -0.475 e. The number of benzene rings is 2. The van der Waals surface area contributed by atoms with Crippen molar-refractivity contribution in [3.63, 3.8) is 0 Å². The Morgan fingerprint density at radius 2 is 0.843 bits per heavy atom. The van der Waals surface area contributed by atoms with Crippen molar-refractivity contribution in [2.75, 3.05) is 45.8 Å². The molecule has 0 aromatic heterocycles. The van der Waals surface area contributed by atoms with Crippen molar-refractivity contribution >= 4 is 35.8 Å². The molecule has 2 fully saturated rings. The molecule has 0 spiro atoms. The highest BCUT2D eigenvalue weighted by Gasteiger charge is 2.56. The molecule has 2 aromatic carbocycles. The number of hydrogen-bond acceptors (Lipinski definition) is 10. The van der Waals surface area contributed by atoms with Gasteiger partial charge in [0.1, 0.15) is 11.5 Å². The van der Waals surface area contributed by atoms with Gasteiger partial charge in [0, 0.05) is 26.1 Å². The minimum atomic E-state index is -5.08. The van der Waals surface area contributed by atoms with Crippen molar-refractivity contribution in [2.45, 2.75) is 251 Å². The van der Waals surface area contributed by atoms with Crippen LogP contribution in [0.15, 0.2) is 36.4 Å². The molecule has 0 radical (unpaired) electrons. The van der Waals surface area contributed by atoms with Crippen LogP contribution in [-0.2, 0) is 47.6 Å². The Morgan fingerprint density at radius 1 is 0.483 bits per heavy atom. The molecule has 2 aromatic rings. The number of rotatable bonds is 33. The number of aryl methyl sites for hydroxylation is 2. The number of ether oxygens (including phenoxy) is 2. The normalized spacial score (nSPS) is 22.6. The van der Waals surface area contributed by atoms with Crippen LogP contribution in [0.25, 0.3) is 0 Å². The Kier molecular flexibility index (Phi) is 31.7. The lowest BCUT2D eigenvalue weighted by atomic mass is 9.49. The Bertz CT molecular complexity index is 2380. The molecule has 0 aliphatic heterocycles. The molecule has 21 heteroatoms. The van der Waals surface area contributed by atoms with Gasteiger partial charge in [-0.05, 0) is 185 Å². The number of carbonyl (C=O) groups excluding carboxylic acids is 4. The largest absolute Gasteiger partial charge is 0.490 e. The molecule has 6 rings (SSSR count). The topological polar surface area (TPSA) is 221 Å². The van der Waals surface area contributed by atoms with Gasteiger partial charge < -0.3 is 46.3 Å². The highest BCUT2D eigenvalue weighted by atomic mass is 19.4. The van der Waals surface area contributed by atoms with Gasteiger partial charge in [-0.15, -0.1) is 0 Å². The molecular formula is C68H105F6N5O10. The molecular weight excluding hydrogens is 1160 g/mol. The molecule has 0 heterocycles. The summed E-state index contributed by atoms with van der Waals surface area (Å²) in [6.07, 6.45) is 20.7. The van der Waals surface area contributed by atoms with E-state index >= 15 is 0 Å². The van der Waals surface area contributed by atoms with Crippen LogP contribution in [0.2, 0.25) is 0 Å². The van der Waals surface area contributed by atoms with E-state index < -0.39 is 35.8 Å². The Balaban J connectivity index is 0.00000108. The van der Waals surface area contributed by atoms with E-state index in [1.54, 1.807) is 0 Å². The van der Waals surface area contributed by atoms with Crippen molar-refractivity contribution in [3.05, 3.63) is 58.7 Å². The van der Waals surface area contributed by atoms with Gasteiger partial charge in [-0.2, -0.15) is 26.3 Å². The maximum absolute atomic E-state index is 13.6. The van der Waals surface area contributed by atoms with E-state index in [2.05, 4.69) is 92.4 Å². The zero-order valence-corrected chi connectivity index (χ0v) is 54.0. The molecule has 0 unspecified atom stereocenters. The summed E-state index contributed by atoms with van der Waals surface area (Å²) < 4.78 is 75.2. The van der Waals surface area contributed by atoms with Crippen molar-refractivity contribution in [3.8, 4) is 11.5 Å². The molecule has 4 aliphatic rings. The standard InChI is InChI=1S/C64H103N5O6.2C2HF3O2/c1-7-9-19-44-67-58(71)63(5)38-24-36-61(3)53-47-51(32-28-49(53)30-34-55(61)63)74-57(70)27-23-42-65-40-21-17-15-13-11-12-14-16-18-22-41-66-43-26-46-69-60(73)75-52-33-29-50-31-35-56-62(4,54(50)48-52)37-25-39-64(56,6)59(72)68-45-20-10-8-2;2*3-2(4,5)1(6)7/h28-29,32-33,47-48,55-56,65-66H,7-27,30-31,34-46H2,1-6H3,(H,67,71)(H,68,72)(H,69,73);2*(H,6,7)/t55-,56-,61-,62-,63+,64+;;/m1../s1. The quantitative estimate of drug-likeness (QED) is 0.0154. The highest BCUT2D eigenvalue weighted by molar-refractivity contribution is 5.84.